The second kappa shape index (κ2) is 23.1. The summed E-state index contributed by atoms with van der Waals surface area (Å²) >= 11 is 0. The molecule has 0 radical (unpaired) electrons. The number of hydrogen-bond acceptors (Lipinski definition) is 14. The van der Waals surface area contributed by atoms with E-state index in [2.05, 4.69) is 25.8 Å². The molecule has 0 spiro atoms. The van der Waals surface area contributed by atoms with Gasteiger partial charge in [-0.1, -0.05) is 60.7 Å². The molecular weight excluding hydrogens is 825 g/mol. The Bertz CT molecular complexity index is 1940. The highest BCUT2D eigenvalue weighted by atomic mass is 16.6. The molecule has 3 heterocycles. The number of amides is 3. The number of benzene rings is 2. The van der Waals surface area contributed by atoms with Crippen LogP contribution in [0.1, 0.15) is 68.3 Å². The molecule has 17 nitrogen and oxygen atoms in total. The van der Waals surface area contributed by atoms with Gasteiger partial charge in [-0.05, 0) is 74.8 Å². The van der Waals surface area contributed by atoms with Crippen molar-refractivity contribution >= 4 is 17.9 Å². The first-order chi connectivity index (χ1) is 30.7. The van der Waals surface area contributed by atoms with E-state index in [4.69, 9.17) is 14.2 Å². The molecular formula is C47H66N6O11. The van der Waals surface area contributed by atoms with Gasteiger partial charge in [0.2, 0.25) is 11.8 Å². The minimum Gasteiger partial charge on any atom is -0.445 e. The van der Waals surface area contributed by atoms with E-state index >= 15 is 0 Å². The van der Waals surface area contributed by atoms with Crippen molar-refractivity contribution in [2.75, 3.05) is 45.9 Å². The standard InChI is InChI=1S/C47H66N6O11/c1-47(2,3)51-44(59)36-28-52(26-31-14-11-17-48-25-31)19-20-53(36)27-34(63-46(61)49-18-9-10-21-62-42-40(56)38(29-54)64-45(60)41(42)57)23-33(22-30-12-5-4-6-13-30)43(58)50-39-35-16-8-7-15-32(35)24-37(39)55/h4-8,11-17,25,33-34,36-42,45,54-57,60H,9-10,18-24,26-29H2,1-3H3,(H,49,61)(H,50,58)(H,51,59)/t33-,34+,36+,37-,38-,39+,40-,41-,42+,45?/m1/s1. The third-order valence-corrected chi connectivity index (χ3v) is 12.0. The number of aliphatic hydroxyl groups excluding tert-OH is 5. The van der Waals surface area contributed by atoms with Crippen LogP contribution in [0, 0.1) is 5.92 Å². The Kier molecular flexibility index (Phi) is 17.6. The van der Waals surface area contributed by atoms with E-state index in [0.29, 0.717) is 51.9 Å². The van der Waals surface area contributed by atoms with Gasteiger partial charge in [0.25, 0.3) is 0 Å². The fourth-order valence-electron chi connectivity index (χ4n) is 8.72. The van der Waals surface area contributed by atoms with Crippen molar-refractivity contribution in [2.45, 2.75) is 120 Å². The van der Waals surface area contributed by atoms with Gasteiger partial charge in [-0.3, -0.25) is 24.4 Å². The van der Waals surface area contributed by atoms with Crippen LogP contribution in [0.2, 0.25) is 0 Å². The summed E-state index contributed by atoms with van der Waals surface area (Å²) in [4.78, 5) is 50.7. The van der Waals surface area contributed by atoms with Gasteiger partial charge in [0.15, 0.2) is 6.29 Å². The monoisotopic (exact) mass is 890 g/mol. The predicted octanol–water partition coefficient (Wildman–Crippen LogP) is 1.20. The van der Waals surface area contributed by atoms with Crippen LogP contribution in [0.5, 0.6) is 0 Å². The number of carbonyl (C=O) groups is 3. The fourth-order valence-corrected chi connectivity index (χ4v) is 8.72. The number of alkyl carbamates (subject to hydrolysis) is 1. The SMILES string of the molecule is CC(C)(C)NC(=O)[C@@H]1CN(Cc2cccnc2)CCN1C[C@H](C[C@@H](Cc1ccccc1)C(=O)N[C@H]1c2ccccc2C[C@H]1O)OC(=O)NCCCCO[C@H]1[C@H](O)[C@@H](CO)OC(O)[C@@H]1O. The minimum absolute atomic E-state index is 0.0736. The second-order valence-corrected chi connectivity index (χ2v) is 18.2. The van der Waals surface area contributed by atoms with Gasteiger partial charge in [-0.2, -0.15) is 0 Å². The third-order valence-electron chi connectivity index (χ3n) is 12.0. The maximum Gasteiger partial charge on any atom is 0.407 e. The Balaban J connectivity index is 1.17. The van der Waals surface area contributed by atoms with Gasteiger partial charge >= 0.3 is 6.09 Å². The van der Waals surface area contributed by atoms with Crippen molar-refractivity contribution in [3.05, 3.63) is 101 Å². The van der Waals surface area contributed by atoms with Gasteiger partial charge in [-0.15, -0.1) is 0 Å². The number of rotatable bonds is 19. The first-order valence-electron chi connectivity index (χ1n) is 22.3. The lowest BCUT2D eigenvalue weighted by molar-refractivity contribution is -0.294. The molecule has 10 atom stereocenters. The Hall–Kier alpha value is -4.56. The molecule has 3 amide bonds. The van der Waals surface area contributed by atoms with Gasteiger partial charge < -0.3 is 55.7 Å². The molecule has 17 heteroatoms. The smallest absolute Gasteiger partial charge is 0.407 e. The molecule has 2 fully saturated rings. The van der Waals surface area contributed by atoms with Gasteiger partial charge in [0, 0.05) is 76.1 Å². The molecule has 1 unspecified atom stereocenters. The van der Waals surface area contributed by atoms with Crippen molar-refractivity contribution in [1.29, 1.82) is 0 Å². The minimum atomic E-state index is -1.63. The number of piperazine rings is 1. The Morgan fingerprint density at radius 1 is 0.938 bits per heavy atom. The van der Waals surface area contributed by atoms with Gasteiger partial charge in [-0.25, -0.2) is 4.79 Å². The average Bonchev–Trinajstić information content (AvgIpc) is 3.58. The van der Waals surface area contributed by atoms with E-state index in [0.717, 1.165) is 22.3 Å². The molecule has 64 heavy (non-hydrogen) atoms. The number of unbranched alkanes of at least 4 members (excludes halogenated alkanes) is 1. The van der Waals surface area contributed by atoms with E-state index in [1.165, 1.54) is 0 Å². The van der Waals surface area contributed by atoms with Crippen molar-refractivity contribution in [3.8, 4) is 0 Å². The highest BCUT2D eigenvalue weighted by Gasteiger charge is 2.44. The Morgan fingerprint density at radius 3 is 2.42 bits per heavy atom. The lowest BCUT2D eigenvalue weighted by atomic mass is 9.91. The second-order valence-electron chi connectivity index (χ2n) is 18.2. The molecule has 2 saturated heterocycles. The zero-order valence-corrected chi connectivity index (χ0v) is 37.0. The molecule has 2 aromatic carbocycles. The van der Waals surface area contributed by atoms with Gasteiger partial charge in [0.1, 0.15) is 36.6 Å². The third kappa shape index (κ3) is 13.7. The number of ether oxygens (including phenoxy) is 3. The van der Waals surface area contributed by atoms with Crippen LogP contribution in [-0.2, 0) is 43.2 Å². The molecule has 3 aliphatic rings. The van der Waals surface area contributed by atoms with E-state index in [9.17, 15) is 39.9 Å². The van der Waals surface area contributed by atoms with Crippen molar-refractivity contribution in [3.63, 3.8) is 0 Å². The maximum absolute atomic E-state index is 14.5. The van der Waals surface area contributed by atoms with E-state index in [-0.39, 0.29) is 37.9 Å². The summed E-state index contributed by atoms with van der Waals surface area (Å²) < 4.78 is 16.9. The summed E-state index contributed by atoms with van der Waals surface area (Å²) in [5, 5.41) is 60.3. The lowest BCUT2D eigenvalue weighted by Crippen LogP contribution is -2.62. The Labute approximate surface area is 375 Å². The van der Waals surface area contributed by atoms with Crippen molar-refractivity contribution < 1.29 is 54.1 Å². The number of hydrogen-bond donors (Lipinski definition) is 8. The lowest BCUT2D eigenvalue weighted by Gasteiger charge is -2.42. The molecule has 0 bridgehead atoms. The normalized spacial score (nSPS) is 26.1. The average molecular weight is 891 g/mol. The summed E-state index contributed by atoms with van der Waals surface area (Å²) in [6.07, 6.45) is -3.92. The van der Waals surface area contributed by atoms with Crippen LogP contribution >= 0.6 is 0 Å². The number of carbonyl (C=O) groups excluding carboxylic acids is 3. The van der Waals surface area contributed by atoms with Crippen LogP contribution in [0.4, 0.5) is 4.79 Å². The molecule has 1 aromatic heterocycles. The first kappa shape index (κ1) is 48.9. The highest BCUT2D eigenvalue weighted by molar-refractivity contribution is 5.83. The van der Waals surface area contributed by atoms with Crippen LogP contribution < -0.4 is 16.0 Å². The Morgan fingerprint density at radius 2 is 1.69 bits per heavy atom. The molecule has 0 saturated carbocycles. The number of fused-ring (bicyclic) bond motifs is 1. The first-order valence-corrected chi connectivity index (χ1v) is 22.3. The summed E-state index contributed by atoms with van der Waals surface area (Å²) in [7, 11) is 0. The van der Waals surface area contributed by atoms with E-state index < -0.39 is 79.2 Å². The largest absolute Gasteiger partial charge is 0.445 e. The summed E-state index contributed by atoms with van der Waals surface area (Å²) in [6.45, 7) is 7.75. The quantitative estimate of drug-likeness (QED) is 0.0791. The number of nitrogens with zero attached hydrogens (tertiary/aromatic N) is 3. The molecule has 6 rings (SSSR count). The molecule has 350 valence electrons. The van der Waals surface area contributed by atoms with Crippen LogP contribution in [0.15, 0.2) is 79.1 Å². The maximum atomic E-state index is 14.5. The number of aliphatic hydroxyl groups is 5. The van der Waals surface area contributed by atoms with Crippen molar-refractivity contribution in [1.82, 2.24) is 30.7 Å². The summed E-state index contributed by atoms with van der Waals surface area (Å²) in [5.41, 5.74) is 3.26. The predicted molar refractivity (Wildman–Crippen MR) is 235 cm³/mol. The topological polar surface area (TPSA) is 236 Å². The van der Waals surface area contributed by atoms with Crippen molar-refractivity contribution in [2.24, 2.45) is 5.92 Å². The van der Waals surface area contributed by atoms with Crippen LogP contribution in [0.3, 0.4) is 0 Å². The zero-order chi connectivity index (χ0) is 45.8. The molecule has 8 N–H and O–H groups in total. The van der Waals surface area contributed by atoms with Crippen LogP contribution in [-0.4, -0.2) is 159 Å². The fraction of sp³-hybridized carbons (Fsp3) is 0.574. The number of pyridine rings is 1. The summed E-state index contributed by atoms with van der Waals surface area (Å²) in [5.74, 6) is -1.14. The van der Waals surface area contributed by atoms with E-state index in [1.807, 2.05) is 98.6 Å². The van der Waals surface area contributed by atoms with Crippen LogP contribution in [0.25, 0.3) is 0 Å². The molecule has 1 aliphatic carbocycles. The number of aromatic nitrogens is 1. The summed E-state index contributed by atoms with van der Waals surface area (Å²) in [6, 6.07) is 19.9. The highest BCUT2D eigenvalue weighted by Crippen LogP contribution is 2.32. The van der Waals surface area contributed by atoms with Gasteiger partial charge in [0.05, 0.1) is 18.8 Å². The molecule has 2 aliphatic heterocycles. The number of nitrogens with one attached hydrogen (secondary N) is 3. The molecule has 3 aromatic rings. The van der Waals surface area contributed by atoms with E-state index in [1.54, 1.807) is 6.20 Å². The zero-order valence-electron chi connectivity index (χ0n) is 37.0.